The zero-order valence-corrected chi connectivity index (χ0v) is 17.9. The Morgan fingerprint density at radius 1 is 0.552 bits per heavy atom. The van der Waals surface area contributed by atoms with E-state index in [-0.39, 0.29) is 11.6 Å². The Hall–Kier alpha value is -3.00. The van der Waals surface area contributed by atoms with E-state index in [1.165, 1.54) is 11.1 Å². The van der Waals surface area contributed by atoms with Crippen LogP contribution in [0.1, 0.15) is 65.2 Å². The van der Waals surface area contributed by atoms with Crippen LogP contribution in [0.2, 0.25) is 0 Å². The Labute approximate surface area is 172 Å². The predicted octanol–water partition coefficient (Wildman–Crippen LogP) is 5.90. The van der Waals surface area contributed by atoms with Crippen LogP contribution in [-0.2, 0) is 5.41 Å². The topological polar surface area (TPSA) is 34.1 Å². The van der Waals surface area contributed by atoms with Crippen molar-refractivity contribution in [1.82, 2.24) is 0 Å². The maximum Gasteiger partial charge on any atom is 0.186 e. The molecular formula is C27H26O2. The molecule has 0 aliphatic heterocycles. The van der Waals surface area contributed by atoms with Gasteiger partial charge in [-0.2, -0.15) is 0 Å². The summed E-state index contributed by atoms with van der Waals surface area (Å²) in [5.41, 5.74) is 8.01. The van der Waals surface area contributed by atoms with E-state index in [2.05, 4.69) is 13.8 Å². The van der Waals surface area contributed by atoms with E-state index >= 15 is 0 Å². The monoisotopic (exact) mass is 382 g/mol. The number of ketones is 2. The van der Waals surface area contributed by atoms with Crippen molar-refractivity contribution in [2.24, 2.45) is 0 Å². The summed E-state index contributed by atoms with van der Waals surface area (Å²) in [5, 5.41) is 0. The lowest BCUT2D eigenvalue weighted by Gasteiger charge is -2.30. The van der Waals surface area contributed by atoms with E-state index in [1.807, 2.05) is 64.1 Å². The third-order valence-corrected chi connectivity index (χ3v) is 6.82. The Kier molecular flexibility index (Phi) is 4.34. The van der Waals surface area contributed by atoms with Crippen LogP contribution >= 0.6 is 0 Å². The number of rotatable bonds is 2. The van der Waals surface area contributed by atoms with Crippen molar-refractivity contribution in [3.05, 3.63) is 104 Å². The van der Waals surface area contributed by atoms with Gasteiger partial charge in [0.15, 0.2) is 11.6 Å². The first-order valence-corrected chi connectivity index (χ1v) is 10.0. The maximum atomic E-state index is 13.9. The summed E-state index contributed by atoms with van der Waals surface area (Å²) >= 11 is 0. The summed E-state index contributed by atoms with van der Waals surface area (Å²) in [7, 11) is 0. The lowest BCUT2D eigenvalue weighted by Crippen LogP contribution is -2.40. The van der Waals surface area contributed by atoms with Gasteiger partial charge in [-0.05, 0) is 86.1 Å². The van der Waals surface area contributed by atoms with Crippen molar-refractivity contribution in [3.8, 4) is 0 Å². The summed E-state index contributed by atoms with van der Waals surface area (Å²) in [4.78, 5) is 27.8. The highest BCUT2D eigenvalue weighted by Crippen LogP contribution is 2.46. The molecule has 0 aromatic heterocycles. The fraction of sp³-hybridized carbons (Fsp3) is 0.259. The van der Waals surface area contributed by atoms with Crippen molar-refractivity contribution in [2.45, 2.75) is 47.0 Å². The molecule has 3 aromatic carbocycles. The van der Waals surface area contributed by atoms with E-state index < -0.39 is 5.41 Å². The second-order valence-electron chi connectivity index (χ2n) is 8.42. The minimum Gasteiger partial charge on any atom is -0.292 e. The highest BCUT2D eigenvalue weighted by Gasteiger charge is 2.55. The second-order valence-corrected chi connectivity index (χ2v) is 8.42. The number of benzene rings is 3. The first-order chi connectivity index (χ1) is 13.7. The fourth-order valence-corrected chi connectivity index (χ4v) is 4.58. The zero-order valence-electron chi connectivity index (χ0n) is 17.9. The van der Waals surface area contributed by atoms with E-state index in [4.69, 9.17) is 0 Å². The van der Waals surface area contributed by atoms with Gasteiger partial charge in [-0.1, -0.05) is 48.5 Å². The molecule has 2 heteroatoms. The van der Waals surface area contributed by atoms with Crippen molar-refractivity contribution in [2.75, 3.05) is 0 Å². The molecule has 1 aliphatic rings. The second kappa shape index (κ2) is 6.52. The van der Waals surface area contributed by atoms with Crippen LogP contribution in [0.4, 0.5) is 0 Å². The molecule has 0 radical (unpaired) electrons. The molecule has 0 saturated heterocycles. The molecule has 0 fully saturated rings. The maximum absolute atomic E-state index is 13.9. The van der Waals surface area contributed by atoms with Crippen molar-refractivity contribution >= 4 is 11.6 Å². The molecule has 2 nitrogen and oxygen atoms in total. The average molecular weight is 383 g/mol. The van der Waals surface area contributed by atoms with Crippen molar-refractivity contribution in [3.63, 3.8) is 0 Å². The van der Waals surface area contributed by atoms with Gasteiger partial charge in [-0.3, -0.25) is 9.59 Å². The van der Waals surface area contributed by atoms with Crippen LogP contribution in [0.3, 0.4) is 0 Å². The van der Waals surface area contributed by atoms with Gasteiger partial charge in [0, 0.05) is 11.1 Å². The summed E-state index contributed by atoms with van der Waals surface area (Å²) < 4.78 is 0. The molecule has 0 unspecified atom stereocenters. The first kappa shape index (κ1) is 19.3. The van der Waals surface area contributed by atoms with Gasteiger partial charge in [0.1, 0.15) is 5.41 Å². The molecule has 29 heavy (non-hydrogen) atoms. The Morgan fingerprint density at radius 2 is 0.862 bits per heavy atom. The van der Waals surface area contributed by atoms with Crippen molar-refractivity contribution < 1.29 is 9.59 Å². The predicted molar refractivity (Wildman–Crippen MR) is 117 cm³/mol. The molecule has 3 aromatic rings. The average Bonchev–Trinajstić information content (AvgIpc) is 2.92. The third-order valence-electron chi connectivity index (χ3n) is 6.82. The van der Waals surface area contributed by atoms with E-state index in [0.29, 0.717) is 11.1 Å². The van der Waals surface area contributed by atoms with Gasteiger partial charge in [0.2, 0.25) is 0 Å². The van der Waals surface area contributed by atoms with E-state index in [0.717, 1.165) is 33.4 Å². The van der Waals surface area contributed by atoms with Crippen LogP contribution in [-0.4, -0.2) is 11.6 Å². The van der Waals surface area contributed by atoms with Crippen LogP contribution in [0.5, 0.6) is 0 Å². The molecule has 0 bridgehead atoms. The Balaban J connectivity index is 2.13. The lowest BCUT2D eigenvalue weighted by molar-refractivity contribution is 0.0829. The molecule has 0 saturated carbocycles. The van der Waals surface area contributed by atoms with Crippen LogP contribution in [0, 0.1) is 41.5 Å². The van der Waals surface area contributed by atoms with Crippen LogP contribution in [0.15, 0.2) is 48.5 Å². The summed E-state index contributed by atoms with van der Waals surface area (Å²) in [6.07, 6.45) is 0. The summed E-state index contributed by atoms with van der Waals surface area (Å²) in [6.45, 7) is 12.3. The highest BCUT2D eigenvalue weighted by atomic mass is 16.2. The largest absolute Gasteiger partial charge is 0.292 e. The normalized spacial score (nSPS) is 15.0. The molecule has 0 spiro atoms. The lowest BCUT2D eigenvalue weighted by atomic mass is 9.69. The zero-order chi connectivity index (χ0) is 21.1. The molecule has 0 atom stereocenters. The van der Waals surface area contributed by atoms with Gasteiger partial charge < -0.3 is 0 Å². The quantitative estimate of drug-likeness (QED) is 0.517. The van der Waals surface area contributed by atoms with Crippen LogP contribution in [0.25, 0.3) is 0 Å². The molecule has 4 rings (SSSR count). The molecular weight excluding hydrogens is 356 g/mol. The minimum atomic E-state index is -1.32. The molecule has 0 N–H and O–H groups in total. The minimum absolute atomic E-state index is 0.122. The van der Waals surface area contributed by atoms with Gasteiger partial charge >= 0.3 is 0 Å². The number of aryl methyl sites for hydroxylation is 4. The molecule has 1 aliphatic carbocycles. The standard InChI is InChI=1S/C27H26O2/c1-15-11-21(12-16(2)19(15)5)27(22-13-17(3)20(6)18(4)14-22)25(28)23-9-7-8-10-24(23)26(27)29/h7-14H,1-6H3. The number of carbonyl (C=O) groups excluding carboxylic acids is 2. The smallest absolute Gasteiger partial charge is 0.186 e. The van der Waals surface area contributed by atoms with Gasteiger partial charge in [0.05, 0.1) is 0 Å². The van der Waals surface area contributed by atoms with Crippen molar-refractivity contribution in [1.29, 1.82) is 0 Å². The first-order valence-electron chi connectivity index (χ1n) is 10.0. The Bertz CT molecular complexity index is 1060. The van der Waals surface area contributed by atoms with Gasteiger partial charge in [0.25, 0.3) is 0 Å². The highest BCUT2D eigenvalue weighted by molar-refractivity contribution is 6.35. The number of Topliss-reactive ketones (excluding diaryl/α,β-unsaturated/α-hetero) is 2. The number of carbonyl (C=O) groups is 2. The number of hydrogen-bond acceptors (Lipinski definition) is 2. The van der Waals surface area contributed by atoms with Crippen LogP contribution < -0.4 is 0 Å². The third kappa shape index (κ3) is 2.55. The number of fused-ring (bicyclic) bond motifs is 1. The molecule has 0 amide bonds. The molecule has 146 valence electrons. The summed E-state index contributed by atoms with van der Waals surface area (Å²) in [6, 6.07) is 15.3. The van der Waals surface area contributed by atoms with Gasteiger partial charge in [-0.15, -0.1) is 0 Å². The SMILES string of the molecule is Cc1cc(C2(c3cc(C)c(C)c(C)c3)C(=O)c3ccccc3C2=O)cc(C)c1C. The van der Waals surface area contributed by atoms with Gasteiger partial charge in [-0.25, -0.2) is 0 Å². The fourth-order valence-electron chi connectivity index (χ4n) is 4.58. The van der Waals surface area contributed by atoms with E-state index in [1.54, 1.807) is 12.1 Å². The Morgan fingerprint density at radius 3 is 1.17 bits per heavy atom. The molecule has 0 heterocycles. The summed E-state index contributed by atoms with van der Waals surface area (Å²) in [5.74, 6) is -0.244. The van der Waals surface area contributed by atoms with E-state index in [9.17, 15) is 9.59 Å². The number of hydrogen-bond donors (Lipinski definition) is 0.